The molecule has 1 aromatic rings. The van der Waals surface area contributed by atoms with Crippen LogP contribution in [0.1, 0.15) is 49.3 Å². The fourth-order valence-electron chi connectivity index (χ4n) is 3.38. The van der Waals surface area contributed by atoms with Gasteiger partial charge in [-0.25, -0.2) is 0 Å². The average Bonchev–Trinajstić information content (AvgIpc) is 2.82. The Hall–Kier alpha value is -0.820. The van der Waals surface area contributed by atoms with Gasteiger partial charge in [-0.3, -0.25) is 0 Å². The monoisotopic (exact) mass is 246 g/mol. The normalized spacial score (nSPS) is 25.3. The van der Waals surface area contributed by atoms with E-state index < -0.39 is 0 Å². The summed E-state index contributed by atoms with van der Waals surface area (Å²) in [4.78, 5) is 0. The Morgan fingerprint density at radius 3 is 2.44 bits per heavy atom. The van der Waals surface area contributed by atoms with Gasteiger partial charge in [0.05, 0.1) is 6.10 Å². The summed E-state index contributed by atoms with van der Waals surface area (Å²) in [6, 6.07) is 6.40. The highest BCUT2D eigenvalue weighted by atomic mass is 16.3. The second-order valence-corrected chi connectivity index (χ2v) is 5.99. The topological polar surface area (TPSA) is 20.2 Å². The summed E-state index contributed by atoms with van der Waals surface area (Å²) in [5, 5.41) is 10.5. The lowest BCUT2D eigenvalue weighted by Gasteiger charge is -2.20. The molecule has 3 unspecified atom stereocenters. The largest absolute Gasteiger partial charge is 0.392 e. The maximum Gasteiger partial charge on any atom is 0.0609 e. The van der Waals surface area contributed by atoms with Crippen LogP contribution in [-0.2, 0) is 6.42 Å². The first-order chi connectivity index (χ1) is 8.61. The third kappa shape index (κ3) is 2.95. The molecule has 0 aromatic heterocycles. The van der Waals surface area contributed by atoms with Crippen molar-refractivity contribution in [1.29, 1.82) is 0 Å². The predicted molar refractivity (Wildman–Crippen MR) is 76.7 cm³/mol. The molecule has 0 heterocycles. The fourth-order valence-corrected chi connectivity index (χ4v) is 3.38. The molecular formula is C17H26O. The van der Waals surface area contributed by atoms with E-state index in [0.717, 1.165) is 12.3 Å². The summed E-state index contributed by atoms with van der Waals surface area (Å²) in [5.74, 6) is 1.37. The molecule has 1 aromatic carbocycles. The maximum atomic E-state index is 10.5. The molecule has 0 amide bonds. The van der Waals surface area contributed by atoms with E-state index >= 15 is 0 Å². The molecule has 3 atom stereocenters. The number of aliphatic hydroxyl groups excluding tert-OH is 1. The maximum absolute atomic E-state index is 10.5. The van der Waals surface area contributed by atoms with Gasteiger partial charge in [-0.05, 0) is 61.6 Å². The third-order valence-electron chi connectivity index (χ3n) is 4.76. The minimum absolute atomic E-state index is 0.152. The zero-order valence-corrected chi connectivity index (χ0v) is 11.9. The lowest BCUT2D eigenvalue weighted by atomic mass is 9.90. The SMILES string of the molecule is CCC1CCC(C(O)Cc2c(C)cccc2C)C1. The van der Waals surface area contributed by atoms with Crippen LogP contribution in [0.25, 0.3) is 0 Å². The predicted octanol–water partition coefficient (Wildman–Crippen LogP) is 4.03. The van der Waals surface area contributed by atoms with Crippen molar-refractivity contribution in [2.24, 2.45) is 11.8 Å². The molecule has 18 heavy (non-hydrogen) atoms. The minimum atomic E-state index is -0.152. The molecule has 100 valence electrons. The Bertz CT molecular complexity index is 376. The highest BCUT2D eigenvalue weighted by Crippen LogP contribution is 2.36. The Morgan fingerprint density at radius 2 is 1.89 bits per heavy atom. The average molecular weight is 246 g/mol. The molecule has 1 fully saturated rings. The van der Waals surface area contributed by atoms with E-state index in [4.69, 9.17) is 0 Å². The van der Waals surface area contributed by atoms with Crippen LogP contribution in [0.3, 0.4) is 0 Å². The molecule has 1 N–H and O–H groups in total. The molecule has 1 aliphatic rings. The van der Waals surface area contributed by atoms with Gasteiger partial charge in [-0.2, -0.15) is 0 Å². The van der Waals surface area contributed by atoms with Gasteiger partial charge in [0.25, 0.3) is 0 Å². The second-order valence-electron chi connectivity index (χ2n) is 5.99. The number of benzene rings is 1. The first kappa shape index (κ1) is 13.6. The summed E-state index contributed by atoms with van der Waals surface area (Å²) < 4.78 is 0. The molecule has 0 aliphatic heterocycles. The Kier molecular flexibility index (Phi) is 4.45. The van der Waals surface area contributed by atoms with E-state index in [-0.39, 0.29) is 6.10 Å². The van der Waals surface area contributed by atoms with Crippen LogP contribution in [0.5, 0.6) is 0 Å². The van der Waals surface area contributed by atoms with E-state index in [2.05, 4.69) is 39.0 Å². The summed E-state index contributed by atoms with van der Waals surface area (Å²) in [6.07, 6.45) is 5.70. The number of aliphatic hydroxyl groups is 1. The van der Waals surface area contributed by atoms with Crippen LogP contribution in [0.2, 0.25) is 0 Å². The van der Waals surface area contributed by atoms with Crippen molar-refractivity contribution in [3.05, 3.63) is 34.9 Å². The van der Waals surface area contributed by atoms with Gasteiger partial charge >= 0.3 is 0 Å². The van der Waals surface area contributed by atoms with Crippen molar-refractivity contribution in [2.75, 3.05) is 0 Å². The van der Waals surface area contributed by atoms with E-state index in [1.165, 1.54) is 42.4 Å². The van der Waals surface area contributed by atoms with Crippen LogP contribution < -0.4 is 0 Å². The Morgan fingerprint density at radius 1 is 1.22 bits per heavy atom. The molecule has 1 saturated carbocycles. The molecule has 0 spiro atoms. The van der Waals surface area contributed by atoms with Crippen LogP contribution in [0, 0.1) is 25.7 Å². The van der Waals surface area contributed by atoms with Crippen molar-refractivity contribution in [3.8, 4) is 0 Å². The van der Waals surface area contributed by atoms with Gasteiger partial charge in [0.1, 0.15) is 0 Å². The lowest BCUT2D eigenvalue weighted by Crippen LogP contribution is -2.21. The number of aryl methyl sites for hydroxylation is 2. The quantitative estimate of drug-likeness (QED) is 0.850. The Labute approximate surface area is 111 Å². The van der Waals surface area contributed by atoms with E-state index in [0.29, 0.717) is 5.92 Å². The van der Waals surface area contributed by atoms with Gasteiger partial charge in [-0.15, -0.1) is 0 Å². The van der Waals surface area contributed by atoms with E-state index in [9.17, 15) is 5.11 Å². The van der Waals surface area contributed by atoms with E-state index in [1.807, 2.05) is 0 Å². The molecule has 1 aliphatic carbocycles. The summed E-state index contributed by atoms with van der Waals surface area (Å²) >= 11 is 0. The van der Waals surface area contributed by atoms with Gasteiger partial charge < -0.3 is 5.11 Å². The second kappa shape index (κ2) is 5.88. The van der Waals surface area contributed by atoms with Crippen LogP contribution >= 0.6 is 0 Å². The molecule has 0 bridgehead atoms. The number of hydrogen-bond acceptors (Lipinski definition) is 1. The van der Waals surface area contributed by atoms with Crippen molar-refractivity contribution in [2.45, 2.75) is 59.0 Å². The molecule has 1 heteroatoms. The Balaban J connectivity index is 2.01. The van der Waals surface area contributed by atoms with Gasteiger partial charge in [-0.1, -0.05) is 38.0 Å². The molecule has 2 rings (SSSR count). The highest BCUT2D eigenvalue weighted by Gasteiger charge is 2.29. The zero-order valence-electron chi connectivity index (χ0n) is 11.9. The van der Waals surface area contributed by atoms with Gasteiger partial charge in [0.15, 0.2) is 0 Å². The van der Waals surface area contributed by atoms with Crippen molar-refractivity contribution in [1.82, 2.24) is 0 Å². The summed E-state index contributed by atoms with van der Waals surface area (Å²) in [5.41, 5.74) is 3.99. The smallest absolute Gasteiger partial charge is 0.0609 e. The molecule has 0 saturated heterocycles. The van der Waals surface area contributed by atoms with Crippen LogP contribution in [0.15, 0.2) is 18.2 Å². The van der Waals surface area contributed by atoms with E-state index in [1.54, 1.807) is 0 Å². The van der Waals surface area contributed by atoms with Gasteiger partial charge in [0, 0.05) is 0 Å². The van der Waals surface area contributed by atoms with Crippen LogP contribution in [-0.4, -0.2) is 11.2 Å². The third-order valence-corrected chi connectivity index (χ3v) is 4.76. The van der Waals surface area contributed by atoms with Crippen molar-refractivity contribution in [3.63, 3.8) is 0 Å². The lowest BCUT2D eigenvalue weighted by molar-refractivity contribution is 0.108. The fraction of sp³-hybridized carbons (Fsp3) is 0.647. The first-order valence-corrected chi connectivity index (χ1v) is 7.35. The number of hydrogen-bond donors (Lipinski definition) is 1. The van der Waals surface area contributed by atoms with Gasteiger partial charge in [0.2, 0.25) is 0 Å². The van der Waals surface area contributed by atoms with Crippen molar-refractivity contribution >= 4 is 0 Å². The highest BCUT2D eigenvalue weighted by molar-refractivity contribution is 5.34. The van der Waals surface area contributed by atoms with Crippen molar-refractivity contribution < 1.29 is 5.11 Å². The first-order valence-electron chi connectivity index (χ1n) is 7.35. The molecule has 0 radical (unpaired) electrons. The summed E-state index contributed by atoms with van der Waals surface area (Å²) in [7, 11) is 0. The minimum Gasteiger partial charge on any atom is -0.392 e. The standard InChI is InChI=1S/C17H26O/c1-4-14-8-9-15(10-14)17(18)11-16-12(2)6-5-7-13(16)3/h5-7,14-15,17-18H,4,8-11H2,1-3H3. The zero-order chi connectivity index (χ0) is 13.1. The molecular weight excluding hydrogens is 220 g/mol. The van der Waals surface area contributed by atoms with Crippen LogP contribution in [0.4, 0.5) is 0 Å². The molecule has 1 nitrogen and oxygen atoms in total. The summed E-state index contributed by atoms with van der Waals surface area (Å²) in [6.45, 7) is 6.57. The number of rotatable bonds is 4.